The number of aromatic amines is 1. The van der Waals surface area contributed by atoms with Crippen molar-refractivity contribution in [2.45, 2.75) is 31.7 Å². The molecule has 0 atom stereocenters. The molecule has 1 amide bonds. The molecule has 1 aliphatic rings. The van der Waals surface area contributed by atoms with Gasteiger partial charge in [0.05, 0.1) is 11.0 Å². The number of para-hydroxylation sites is 2. The van der Waals surface area contributed by atoms with Gasteiger partial charge >= 0.3 is 5.69 Å². The molecule has 0 aliphatic carbocycles. The molecule has 4 heterocycles. The van der Waals surface area contributed by atoms with E-state index >= 15 is 0 Å². The third-order valence-electron chi connectivity index (χ3n) is 5.77. The standard InChI is InChI=1S/C22H22N6O3/c29-20(6-5-19-25-21(26-31-19)15-7-11-23-12-8-15)27-13-9-16(10-14-27)28-18-4-2-1-3-17(18)24-22(28)30/h1-4,7-8,11-12,16H,5-6,9-10,13-14H2,(H,24,30). The van der Waals surface area contributed by atoms with Crippen molar-refractivity contribution in [3.05, 3.63) is 65.2 Å². The molecule has 1 aromatic carbocycles. The van der Waals surface area contributed by atoms with Crippen molar-refractivity contribution in [1.82, 2.24) is 29.6 Å². The first kappa shape index (κ1) is 19.2. The van der Waals surface area contributed by atoms with Crippen molar-refractivity contribution in [3.8, 4) is 11.4 Å². The summed E-state index contributed by atoms with van der Waals surface area (Å²) in [6.45, 7) is 1.25. The molecule has 9 heteroatoms. The number of hydrogen-bond acceptors (Lipinski definition) is 6. The molecule has 1 N–H and O–H groups in total. The Morgan fingerprint density at radius 2 is 1.90 bits per heavy atom. The van der Waals surface area contributed by atoms with E-state index in [2.05, 4.69) is 20.1 Å². The van der Waals surface area contributed by atoms with Crippen LogP contribution in [0.1, 0.15) is 31.2 Å². The summed E-state index contributed by atoms with van der Waals surface area (Å²) in [5.41, 5.74) is 2.49. The topological polar surface area (TPSA) is 110 Å². The molecular formula is C22H22N6O3. The quantitative estimate of drug-likeness (QED) is 0.533. The first-order valence-electron chi connectivity index (χ1n) is 10.4. The number of aryl methyl sites for hydroxylation is 1. The van der Waals surface area contributed by atoms with Crippen LogP contribution in [-0.2, 0) is 11.2 Å². The van der Waals surface area contributed by atoms with Gasteiger partial charge in [-0.2, -0.15) is 4.98 Å². The van der Waals surface area contributed by atoms with Crippen LogP contribution in [0.15, 0.2) is 58.1 Å². The van der Waals surface area contributed by atoms with E-state index in [1.54, 1.807) is 12.4 Å². The number of likely N-dealkylation sites (tertiary alicyclic amines) is 1. The smallest absolute Gasteiger partial charge is 0.326 e. The molecule has 0 radical (unpaired) electrons. The Balaban J connectivity index is 1.18. The molecule has 9 nitrogen and oxygen atoms in total. The normalized spacial score (nSPS) is 14.9. The van der Waals surface area contributed by atoms with Gasteiger partial charge in [0.1, 0.15) is 0 Å². The number of imidazole rings is 1. The van der Waals surface area contributed by atoms with Crippen molar-refractivity contribution >= 4 is 16.9 Å². The van der Waals surface area contributed by atoms with Crippen LogP contribution >= 0.6 is 0 Å². The lowest BCUT2D eigenvalue weighted by Crippen LogP contribution is -2.40. The van der Waals surface area contributed by atoms with Crippen molar-refractivity contribution < 1.29 is 9.32 Å². The van der Waals surface area contributed by atoms with E-state index in [1.165, 1.54) is 0 Å². The van der Waals surface area contributed by atoms with Gasteiger partial charge in [-0.3, -0.25) is 14.3 Å². The maximum Gasteiger partial charge on any atom is 0.326 e. The number of carbonyl (C=O) groups is 1. The number of amides is 1. The fourth-order valence-electron chi connectivity index (χ4n) is 4.16. The molecule has 158 valence electrons. The Labute approximate surface area is 177 Å². The number of rotatable bonds is 5. The molecule has 0 saturated carbocycles. The summed E-state index contributed by atoms with van der Waals surface area (Å²) in [4.78, 5) is 38.2. The summed E-state index contributed by atoms with van der Waals surface area (Å²) >= 11 is 0. The number of H-pyrrole nitrogens is 1. The van der Waals surface area contributed by atoms with Gasteiger partial charge < -0.3 is 14.4 Å². The van der Waals surface area contributed by atoms with Gasteiger partial charge in [-0.05, 0) is 37.1 Å². The molecule has 5 rings (SSSR count). The van der Waals surface area contributed by atoms with E-state index in [9.17, 15) is 9.59 Å². The summed E-state index contributed by atoms with van der Waals surface area (Å²) in [5, 5.41) is 3.97. The molecule has 4 aromatic rings. The van der Waals surface area contributed by atoms with E-state index < -0.39 is 0 Å². The van der Waals surface area contributed by atoms with Gasteiger partial charge in [0.15, 0.2) is 0 Å². The summed E-state index contributed by atoms with van der Waals surface area (Å²) in [6.07, 6.45) is 5.56. The number of hydrogen-bond donors (Lipinski definition) is 1. The van der Waals surface area contributed by atoms with Gasteiger partial charge in [0.2, 0.25) is 17.6 Å². The highest BCUT2D eigenvalue weighted by molar-refractivity contribution is 5.77. The molecule has 0 unspecified atom stereocenters. The molecule has 31 heavy (non-hydrogen) atoms. The Hall–Kier alpha value is -3.75. The van der Waals surface area contributed by atoms with Crippen LogP contribution in [0.5, 0.6) is 0 Å². The van der Waals surface area contributed by atoms with Gasteiger partial charge in [0.25, 0.3) is 0 Å². The van der Waals surface area contributed by atoms with Crippen LogP contribution in [0.4, 0.5) is 0 Å². The van der Waals surface area contributed by atoms with E-state index in [4.69, 9.17) is 4.52 Å². The second kappa shape index (κ2) is 8.17. The lowest BCUT2D eigenvalue weighted by atomic mass is 10.0. The Kier molecular flexibility index (Phi) is 5.07. The lowest BCUT2D eigenvalue weighted by Gasteiger charge is -2.32. The summed E-state index contributed by atoms with van der Waals surface area (Å²) in [6, 6.07) is 11.4. The van der Waals surface area contributed by atoms with Crippen LogP contribution in [0.25, 0.3) is 22.4 Å². The van der Waals surface area contributed by atoms with Gasteiger partial charge in [-0.1, -0.05) is 17.3 Å². The largest absolute Gasteiger partial charge is 0.343 e. The Bertz CT molecular complexity index is 1250. The number of nitrogens with zero attached hydrogens (tertiary/aromatic N) is 5. The number of fused-ring (bicyclic) bond motifs is 1. The second-order valence-corrected chi connectivity index (χ2v) is 7.68. The molecule has 1 aliphatic heterocycles. The number of nitrogens with one attached hydrogen (secondary N) is 1. The number of carbonyl (C=O) groups excluding carboxylic acids is 1. The fraction of sp³-hybridized carbons (Fsp3) is 0.318. The molecule has 0 bridgehead atoms. The lowest BCUT2D eigenvalue weighted by molar-refractivity contribution is -0.132. The van der Waals surface area contributed by atoms with Gasteiger partial charge in [-0.15, -0.1) is 0 Å². The zero-order valence-corrected chi connectivity index (χ0v) is 16.9. The minimum Gasteiger partial charge on any atom is -0.343 e. The van der Waals surface area contributed by atoms with Crippen molar-refractivity contribution in [3.63, 3.8) is 0 Å². The minimum absolute atomic E-state index is 0.0633. The zero-order valence-electron chi connectivity index (χ0n) is 16.9. The van der Waals surface area contributed by atoms with E-state index in [-0.39, 0.29) is 17.6 Å². The third kappa shape index (κ3) is 3.86. The van der Waals surface area contributed by atoms with Gasteiger partial charge in [-0.25, -0.2) is 4.79 Å². The zero-order chi connectivity index (χ0) is 21.2. The fourth-order valence-corrected chi connectivity index (χ4v) is 4.16. The maximum absolute atomic E-state index is 12.7. The predicted octanol–water partition coefficient (Wildman–Crippen LogP) is 2.57. The number of aromatic nitrogens is 5. The van der Waals surface area contributed by atoms with Crippen molar-refractivity contribution in [1.29, 1.82) is 0 Å². The van der Waals surface area contributed by atoms with Crippen LogP contribution in [0.2, 0.25) is 0 Å². The SMILES string of the molecule is O=C(CCc1nc(-c2ccncc2)no1)N1CCC(n2c(=O)[nH]c3ccccc32)CC1. The third-order valence-corrected chi connectivity index (χ3v) is 5.77. The van der Waals surface area contributed by atoms with Crippen LogP contribution in [0, 0.1) is 0 Å². The maximum atomic E-state index is 12.7. The van der Waals surface area contributed by atoms with Crippen LogP contribution < -0.4 is 5.69 Å². The van der Waals surface area contributed by atoms with Gasteiger partial charge in [0, 0.05) is 49.9 Å². The molecule has 1 saturated heterocycles. The number of benzene rings is 1. The highest BCUT2D eigenvalue weighted by Gasteiger charge is 2.26. The monoisotopic (exact) mass is 418 g/mol. The van der Waals surface area contributed by atoms with Crippen molar-refractivity contribution in [2.75, 3.05) is 13.1 Å². The summed E-state index contributed by atoms with van der Waals surface area (Å²) < 4.78 is 7.11. The van der Waals surface area contributed by atoms with Crippen LogP contribution in [-0.4, -0.2) is 48.6 Å². The summed E-state index contributed by atoms with van der Waals surface area (Å²) in [7, 11) is 0. The van der Waals surface area contributed by atoms with E-state index in [0.717, 1.165) is 29.4 Å². The first-order valence-corrected chi connectivity index (χ1v) is 10.4. The Morgan fingerprint density at radius 1 is 1.13 bits per heavy atom. The first-order chi connectivity index (χ1) is 15.2. The highest BCUT2D eigenvalue weighted by atomic mass is 16.5. The molecular weight excluding hydrogens is 396 g/mol. The van der Waals surface area contributed by atoms with Crippen molar-refractivity contribution in [2.24, 2.45) is 0 Å². The average molecular weight is 418 g/mol. The second-order valence-electron chi connectivity index (χ2n) is 7.68. The highest BCUT2D eigenvalue weighted by Crippen LogP contribution is 2.25. The minimum atomic E-state index is -0.0904. The number of piperidine rings is 1. The van der Waals surface area contributed by atoms with E-state index in [1.807, 2.05) is 45.9 Å². The summed E-state index contributed by atoms with van der Waals surface area (Å²) in [5.74, 6) is 1.00. The predicted molar refractivity (Wildman–Crippen MR) is 113 cm³/mol. The average Bonchev–Trinajstić information content (AvgIpc) is 3.42. The number of pyridine rings is 1. The van der Waals surface area contributed by atoms with E-state index in [0.29, 0.717) is 37.6 Å². The molecule has 3 aromatic heterocycles. The Morgan fingerprint density at radius 3 is 2.71 bits per heavy atom. The molecule has 1 fully saturated rings. The molecule has 0 spiro atoms. The van der Waals surface area contributed by atoms with Crippen LogP contribution in [0.3, 0.4) is 0 Å².